The van der Waals surface area contributed by atoms with Crippen LogP contribution in [0.1, 0.15) is 34.5 Å². The normalized spacial score (nSPS) is 12.5. The number of aromatic nitrogens is 1. The van der Waals surface area contributed by atoms with Gasteiger partial charge in [0.25, 0.3) is 0 Å². The third kappa shape index (κ3) is 12.6. The maximum atomic E-state index is 13.8. The first-order chi connectivity index (χ1) is 28.8. The maximum Gasteiger partial charge on any atom is 0.490 e. The van der Waals surface area contributed by atoms with Crippen molar-refractivity contribution in [3.63, 3.8) is 0 Å². The zero-order chi connectivity index (χ0) is 45.2. The molecule has 0 saturated heterocycles. The molecule has 0 aliphatic heterocycles. The van der Waals surface area contributed by atoms with Crippen molar-refractivity contribution in [1.82, 2.24) is 15.6 Å². The van der Waals surface area contributed by atoms with Crippen LogP contribution in [-0.4, -0.2) is 78.7 Å². The van der Waals surface area contributed by atoms with Crippen LogP contribution in [0.25, 0.3) is 22.0 Å². The summed E-state index contributed by atoms with van der Waals surface area (Å²) in [7, 11) is 4.17. The summed E-state index contributed by atoms with van der Waals surface area (Å²) in [4.78, 5) is 63.7. The molecule has 0 spiro atoms. The number of fused-ring (bicyclic) bond motifs is 1. The first kappa shape index (κ1) is 47.9. The Morgan fingerprint density at radius 3 is 2.03 bits per heavy atom. The number of benzene rings is 4. The Morgan fingerprint density at radius 1 is 0.852 bits per heavy atom. The maximum absolute atomic E-state index is 13.8. The number of nitrogens with two attached hydrogens (primary N) is 1. The Kier molecular flexibility index (Phi) is 16.6. The molecule has 5 rings (SSSR count). The molecule has 2 amide bonds. The van der Waals surface area contributed by atoms with Crippen LogP contribution in [0.4, 0.5) is 18.0 Å². The molecule has 1 aromatic heterocycles. The number of carbonyl (C=O) groups excluding carboxylic acids is 3. The summed E-state index contributed by atoms with van der Waals surface area (Å²) in [6.45, 7) is -0.0646. The summed E-state index contributed by atoms with van der Waals surface area (Å²) in [6, 6.07) is 18.6. The molecule has 324 valence electrons. The van der Waals surface area contributed by atoms with Gasteiger partial charge in [-0.15, -0.1) is 0 Å². The summed E-state index contributed by atoms with van der Waals surface area (Å²) < 4.78 is 53.6. The molecule has 61 heavy (non-hydrogen) atoms. The van der Waals surface area contributed by atoms with Crippen molar-refractivity contribution in [1.29, 1.82) is 0 Å². The topological polar surface area (TPSA) is 229 Å². The Balaban J connectivity index is 0.00000107. The Morgan fingerprint density at radius 2 is 1.48 bits per heavy atom. The van der Waals surface area contributed by atoms with Gasteiger partial charge in [-0.2, -0.15) is 13.2 Å². The minimum Gasteiger partial charge on any atom is -0.495 e. The largest absolute Gasteiger partial charge is 0.495 e. The van der Waals surface area contributed by atoms with Crippen molar-refractivity contribution >= 4 is 86.6 Å². The lowest BCUT2D eigenvalue weighted by Gasteiger charge is -2.22. The summed E-state index contributed by atoms with van der Waals surface area (Å²) in [5.41, 5.74) is 10.1. The molecule has 0 bridgehead atoms. The van der Waals surface area contributed by atoms with Gasteiger partial charge in [0.05, 0.1) is 34.9 Å². The van der Waals surface area contributed by atoms with Crippen molar-refractivity contribution in [2.45, 2.75) is 37.3 Å². The minimum atomic E-state index is -5.08. The molecule has 0 radical (unpaired) electrons. The third-order valence-corrected chi connectivity index (χ3v) is 10.0. The summed E-state index contributed by atoms with van der Waals surface area (Å²) >= 11 is 14.7. The predicted molar refractivity (Wildman–Crippen MR) is 224 cm³/mol. The van der Waals surface area contributed by atoms with E-state index in [2.05, 4.69) is 38.2 Å². The summed E-state index contributed by atoms with van der Waals surface area (Å²) in [5.74, 6) is -4.84. The van der Waals surface area contributed by atoms with E-state index in [1.54, 1.807) is 49.6 Å². The van der Waals surface area contributed by atoms with E-state index in [0.717, 1.165) is 20.1 Å². The number of aliphatic carboxylic acids is 2. The molecule has 7 N–H and O–H groups in total. The lowest BCUT2D eigenvalue weighted by atomic mass is 9.98. The van der Waals surface area contributed by atoms with Crippen molar-refractivity contribution in [2.24, 2.45) is 5.73 Å². The van der Waals surface area contributed by atoms with Crippen LogP contribution < -0.4 is 25.8 Å². The van der Waals surface area contributed by atoms with Gasteiger partial charge >= 0.3 is 30.2 Å². The van der Waals surface area contributed by atoms with Gasteiger partial charge < -0.3 is 50.5 Å². The van der Waals surface area contributed by atoms with Crippen molar-refractivity contribution in [2.75, 3.05) is 21.3 Å². The van der Waals surface area contributed by atoms with Gasteiger partial charge in [-0.3, -0.25) is 9.59 Å². The number of H-pyrrole nitrogens is 1. The van der Waals surface area contributed by atoms with E-state index in [0.29, 0.717) is 28.1 Å². The van der Waals surface area contributed by atoms with Gasteiger partial charge in [0, 0.05) is 23.2 Å². The monoisotopic (exact) mass is 1000 g/mol. The predicted octanol–water partition coefficient (Wildman–Crippen LogP) is 7.35. The fourth-order valence-corrected chi connectivity index (χ4v) is 7.28. The number of hydrogen-bond donors (Lipinski definition) is 6. The molecule has 21 heteroatoms. The van der Waals surface area contributed by atoms with Crippen LogP contribution in [0.5, 0.6) is 11.5 Å². The van der Waals surface area contributed by atoms with Crippen LogP contribution >= 0.6 is 45.8 Å². The first-order valence-corrected chi connectivity index (χ1v) is 19.3. The van der Waals surface area contributed by atoms with E-state index in [4.69, 9.17) is 57.8 Å². The number of aromatic amines is 1. The van der Waals surface area contributed by atoms with E-state index >= 15 is 0 Å². The molecule has 1 heterocycles. The van der Waals surface area contributed by atoms with Crippen LogP contribution in [0, 0.1) is 3.57 Å². The lowest BCUT2D eigenvalue weighted by molar-refractivity contribution is -0.192. The summed E-state index contributed by atoms with van der Waals surface area (Å²) in [6.07, 6.45) is -6.07. The van der Waals surface area contributed by atoms with Crippen molar-refractivity contribution < 1.29 is 66.3 Å². The van der Waals surface area contributed by atoms with Gasteiger partial charge in [-0.1, -0.05) is 65.7 Å². The molecule has 1 unspecified atom stereocenters. The molecule has 0 aliphatic rings. The Bertz CT molecular complexity index is 2400. The molecule has 5 aromatic rings. The molecule has 15 nitrogen and oxygen atoms in total. The standard InChI is InChI=1S/C38H35Cl2IN4O9.C2HF3O2/c1-51-33-25(12-22(15-28(33)41)31(42)37(49)53-3)20-9-10-21-11-24(43-29(21)16-20)17-30(44-38(50)54-18-19-7-5-4-6-8-19)35(46)45-32(36(47)48)23-13-26(39)34(52-2)27(40)14-23;3-2(4,5)1(6)7/h4-16,30-32,43H,17-18,42H2,1-3H3,(H,44,50)(H,45,46)(H,47,48);(H,6,7)/t30-,31?,32-;/m1./s1. The van der Waals surface area contributed by atoms with Crippen LogP contribution in [0.3, 0.4) is 0 Å². The third-order valence-electron chi connectivity index (χ3n) is 8.65. The van der Waals surface area contributed by atoms with E-state index in [1.807, 2.05) is 24.3 Å². The molecule has 4 aromatic carbocycles. The van der Waals surface area contributed by atoms with E-state index < -0.39 is 54.2 Å². The second-order valence-corrected chi connectivity index (χ2v) is 14.7. The number of rotatable bonds is 14. The van der Waals surface area contributed by atoms with Gasteiger partial charge in [0.1, 0.15) is 24.4 Å². The van der Waals surface area contributed by atoms with Gasteiger partial charge in [0.15, 0.2) is 11.8 Å². The number of hydrogen-bond acceptors (Lipinski definition) is 10. The van der Waals surface area contributed by atoms with E-state index in [1.165, 1.54) is 26.4 Å². The van der Waals surface area contributed by atoms with Crippen molar-refractivity contribution in [3.8, 4) is 22.6 Å². The second kappa shape index (κ2) is 21.2. The Hall–Kier alpha value is -5.77. The van der Waals surface area contributed by atoms with Crippen LogP contribution in [-0.2, 0) is 41.7 Å². The zero-order valence-electron chi connectivity index (χ0n) is 32.1. The number of ether oxygens (including phenoxy) is 4. The average molecular weight is 1000 g/mol. The fourth-order valence-electron chi connectivity index (χ4n) is 5.75. The highest BCUT2D eigenvalue weighted by Crippen LogP contribution is 2.38. The number of methoxy groups -OCH3 is 3. The van der Waals surface area contributed by atoms with E-state index in [9.17, 15) is 37.5 Å². The van der Waals surface area contributed by atoms with Gasteiger partial charge in [-0.05, 0) is 86.6 Å². The highest BCUT2D eigenvalue weighted by Gasteiger charge is 2.38. The summed E-state index contributed by atoms with van der Waals surface area (Å²) in [5, 5.41) is 23.2. The van der Waals surface area contributed by atoms with Gasteiger partial charge in [-0.25, -0.2) is 14.4 Å². The first-order valence-electron chi connectivity index (χ1n) is 17.4. The molecular weight excluding hydrogens is 967 g/mol. The lowest BCUT2D eigenvalue weighted by Crippen LogP contribution is -2.50. The SMILES string of the molecule is COC(=O)C(N)c1cc(I)c(OC)c(-c2ccc3cc(C[C@@H](NC(=O)OCc4ccccc4)C(=O)N[C@@H](C(=O)O)c4cc(Cl)c(OC)c(Cl)c4)[nH]c3c2)c1.O=C(O)C(F)(F)F. The number of halogens is 6. The highest BCUT2D eigenvalue weighted by molar-refractivity contribution is 14.1. The fraction of sp³-hybridized carbons (Fsp3) is 0.225. The molecule has 0 fully saturated rings. The number of alkyl halides is 3. The number of alkyl carbamates (subject to hydrolysis) is 1. The molecule has 0 saturated carbocycles. The van der Waals surface area contributed by atoms with Crippen LogP contribution in [0.15, 0.2) is 78.9 Å². The molecular formula is C40H36Cl2F3IN4O11. The number of carboxylic acid groups (broad SMARTS) is 2. The zero-order valence-corrected chi connectivity index (χ0v) is 35.7. The smallest absolute Gasteiger partial charge is 0.490 e. The van der Waals surface area contributed by atoms with E-state index in [-0.39, 0.29) is 34.4 Å². The minimum absolute atomic E-state index is 0.0440. The van der Waals surface area contributed by atoms with Gasteiger partial charge in [0.2, 0.25) is 5.91 Å². The Labute approximate surface area is 368 Å². The quantitative estimate of drug-likeness (QED) is 0.0474. The average Bonchev–Trinajstić information content (AvgIpc) is 3.62. The van der Waals surface area contributed by atoms with Crippen molar-refractivity contribution in [3.05, 3.63) is 115 Å². The molecule has 0 aliphatic carbocycles. The molecule has 3 atom stereocenters. The number of esters is 1. The van der Waals surface area contributed by atoms with Crippen LogP contribution in [0.2, 0.25) is 10.0 Å². The number of amides is 2. The number of nitrogens with one attached hydrogen (secondary N) is 3. The number of carboxylic acids is 2. The number of carbonyl (C=O) groups is 5. The second-order valence-electron chi connectivity index (χ2n) is 12.7. The highest BCUT2D eigenvalue weighted by atomic mass is 127.